The molecule has 23 heavy (non-hydrogen) atoms. The maximum atomic E-state index is 10.9. The number of carboxylic acid groups (broad SMARTS) is 1. The number of hydrogen-bond donors (Lipinski definition) is 1. The fourth-order valence-corrected chi connectivity index (χ4v) is 2.56. The molecule has 5 heteroatoms. The summed E-state index contributed by atoms with van der Waals surface area (Å²) in [5.74, 6) is -0.706. The van der Waals surface area contributed by atoms with Crippen molar-refractivity contribution in [3.63, 3.8) is 0 Å². The Labute approximate surface area is 140 Å². The molecule has 5 nitrogen and oxygen atoms in total. The molecule has 134 valence electrons. The van der Waals surface area contributed by atoms with E-state index in [1.807, 2.05) is 0 Å². The van der Waals surface area contributed by atoms with Gasteiger partial charge >= 0.3 is 5.97 Å². The van der Waals surface area contributed by atoms with Gasteiger partial charge in [0.1, 0.15) is 0 Å². The predicted octanol–water partition coefficient (Wildman–Crippen LogP) is 5.71. The molecule has 0 saturated heterocycles. The zero-order valence-electron chi connectivity index (χ0n) is 14.6. The number of carboxylic acids is 1. The van der Waals surface area contributed by atoms with Gasteiger partial charge in [-0.1, -0.05) is 58.3 Å². The highest BCUT2D eigenvalue weighted by molar-refractivity contribution is 5.66. The number of rotatable bonds is 16. The Hall–Kier alpha value is -1.39. The minimum absolute atomic E-state index is 0.229. The lowest BCUT2D eigenvalue weighted by atomic mass is 10.0. The van der Waals surface area contributed by atoms with E-state index in [-0.39, 0.29) is 11.3 Å². The number of allylic oxidation sites excluding steroid dienone is 2. The molecule has 0 aliphatic heterocycles. The fourth-order valence-electron chi connectivity index (χ4n) is 2.56. The molecule has 0 unspecified atom stereocenters. The second kappa shape index (κ2) is 15.5. The highest BCUT2D eigenvalue weighted by Gasteiger charge is 2.09. The van der Waals surface area contributed by atoms with Gasteiger partial charge in [-0.2, -0.15) is 0 Å². The Kier molecular flexibility index (Phi) is 14.6. The van der Waals surface area contributed by atoms with Crippen molar-refractivity contribution in [2.24, 2.45) is 0 Å². The smallest absolute Gasteiger partial charge is 0.303 e. The van der Waals surface area contributed by atoms with Crippen molar-refractivity contribution in [2.75, 3.05) is 0 Å². The second-order valence-corrected chi connectivity index (χ2v) is 6.17. The van der Waals surface area contributed by atoms with Crippen molar-refractivity contribution in [3.05, 3.63) is 21.9 Å². The van der Waals surface area contributed by atoms with Crippen LogP contribution >= 0.6 is 0 Å². The minimum atomic E-state index is -0.706. The van der Waals surface area contributed by atoms with Gasteiger partial charge in [0.2, 0.25) is 5.70 Å². The molecule has 0 heterocycles. The third-order valence-electron chi connectivity index (χ3n) is 4.00. The van der Waals surface area contributed by atoms with Crippen LogP contribution in [0.15, 0.2) is 11.8 Å². The molecule has 0 aliphatic rings. The summed E-state index contributed by atoms with van der Waals surface area (Å²) in [6, 6.07) is 0. The van der Waals surface area contributed by atoms with Gasteiger partial charge in [0.05, 0.1) is 4.92 Å². The van der Waals surface area contributed by atoms with Crippen LogP contribution in [-0.4, -0.2) is 16.0 Å². The van der Waals surface area contributed by atoms with Crippen molar-refractivity contribution in [3.8, 4) is 0 Å². The normalized spacial score (nSPS) is 11.6. The van der Waals surface area contributed by atoms with E-state index in [4.69, 9.17) is 5.11 Å². The zero-order valence-corrected chi connectivity index (χ0v) is 14.6. The van der Waals surface area contributed by atoms with Gasteiger partial charge in [-0.25, -0.2) is 0 Å². The number of aliphatic carboxylic acids is 1. The van der Waals surface area contributed by atoms with E-state index in [9.17, 15) is 14.9 Å². The largest absolute Gasteiger partial charge is 0.481 e. The third kappa shape index (κ3) is 15.3. The van der Waals surface area contributed by atoms with Crippen LogP contribution in [0.3, 0.4) is 0 Å². The SMILES string of the molecule is CCCCC=C(CCCCCCCCCCCC(=O)O)[N+](=O)[O-]. The van der Waals surface area contributed by atoms with E-state index in [1.54, 1.807) is 6.08 Å². The van der Waals surface area contributed by atoms with E-state index < -0.39 is 5.97 Å². The molecule has 0 bridgehead atoms. The molecular weight excluding hydrogens is 294 g/mol. The second-order valence-electron chi connectivity index (χ2n) is 6.17. The first-order chi connectivity index (χ1) is 11.1. The van der Waals surface area contributed by atoms with E-state index in [2.05, 4.69) is 6.92 Å². The lowest BCUT2D eigenvalue weighted by Gasteiger charge is -2.02. The highest BCUT2D eigenvalue weighted by atomic mass is 16.6. The zero-order chi connectivity index (χ0) is 17.3. The average molecular weight is 327 g/mol. The van der Waals surface area contributed by atoms with Gasteiger partial charge < -0.3 is 5.11 Å². The van der Waals surface area contributed by atoms with Crippen LogP contribution in [0.4, 0.5) is 0 Å². The summed E-state index contributed by atoms with van der Waals surface area (Å²) in [4.78, 5) is 21.1. The Bertz CT molecular complexity index is 353. The summed E-state index contributed by atoms with van der Waals surface area (Å²) < 4.78 is 0. The number of unbranched alkanes of at least 4 members (excludes halogenated alkanes) is 10. The lowest BCUT2D eigenvalue weighted by molar-refractivity contribution is -0.428. The monoisotopic (exact) mass is 327 g/mol. The average Bonchev–Trinajstić information content (AvgIpc) is 2.50. The van der Waals surface area contributed by atoms with E-state index in [1.165, 1.54) is 12.8 Å². The summed E-state index contributed by atoms with van der Waals surface area (Å²) >= 11 is 0. The third-order valence-corrected chi connectivity index (χ3v) is 4.00. The first kappa shape index (κ1) is 21.6. The molecule has 0 atom stereocenters. The summed E-state index contributed by atoms with van der Waals surface area (Å²) in [6.45, 7) is 2.09. The Balaban J connectivity index is 3.47. The van der Waals surface area contributed by atoms with E-state index in [0.717, 1.165) is 64.2 Å². The number of nitro groups is 1. The van der Waals surface area contributed by atoms with Crippen molar-refractivity contribution in [2.45, 2.75) is 96.8 Å². The Morgan fingerprint density at radius 3 is 1.83 bits per heavy atom. The van der Waals surface area contributed by atoms with Gasteiger partial charge in [0, 0.05) is 12.8 Å². The van der Waals surface area contributed by atoms with Crippen LogP contribution < -0.4 is 0 Å². The van der Waals surface area contributed by atoms with Crippen LogP contribution in [0, 0.1) is 10.1 Å². The Morgan fingerprint density at radius 2 is 1.39 bits per heavy atom. The first-order valence-electron chi connectivity index (χ1n) is 9.13. The maximum Gasteiger partial charge on any atom is 0.303 e. The quantitative estimate of drug-likeness (QED) is 0.223. The lowest BCUT2D eigenvalue weighted by Crippen LogP contribution is -1.99. The molecule has 0 fully saturated rings. The molecule has 0 spiro atoms. The molecule has 0 radical (unpaired) electrons. The molecule has 0 aromatic heterocycles. The predicted molar refractivity (Wildman–Crippen MR) is 93.0 cm³/mol. The van der Waals surface area contributed by atoms with Gasteiger partial charge in [0.25, 0.3) is 0 Å². The van der Waals surface area contributed by atoms with Gasteiger partial charge in [-0.15, -0.1) is 0 Å². The highest BCUT2D eigenvalue weighted by Crippen LogP contribution is 2.15. The molecule has 0 aromatic rings. The fraction of sp³-hybridized carbons (Fsp3) is 0.833. The van der Waals surface area contributed by atoms with Crippen LogP contribution in [0.5, 0.6) is 0 Å². The molecule has 1 N–H and O–H groups in total. The summed E-state index contributed by atoms with van der Waals surface area (Å²) in [5.41, 5.74) is 0.386. The van der Waals surface area contributed by atoms with Gasteiger partial charge in [-0.3, -0.25) is 14.9 Å². The number of carbonyl (C=O) groups is 1. The number of nitrogens with zero attached hydrogens (tertiary/aromatic N) is 1. The van der Waals surface area contributed by atoms with Gasteiger partial charge in [0.15, 0.2) is 0 Å². The van der Waals surface area contributed by atoms with Crippen LogP contribution in [0.2, 0.25) is 0 Å². The van der Waals surface area contributed by atoms with Crippen LogP contribution in [0.25, 0.3) is 0 Å². The van der Waals surface area contributed by atoms with Crippen LogP contribution in [-0.2, 0) is 4.79 Å². The topological polar surface area (TPSA) is 80.4 Å². The number of hydrogen-bond acceptors (Lipinski definition) is 3. The van der Waals surface area contributed by atoms with E-state index >= 15 is 0 Å². The standard InChI is InChI=1S/C18H33NO4/c1-2-3-11-14-17(19(22)23)15-12-9-7-5-4-6-8-10-13-16-18(20)21/h14H,2-13,15-16H2,1H3,(H,20,21). The summed E-state index contributed by atoms with van der Waals surface area (Å²) in [6.07, 6.45) is 15.1. The summed E-state index contributed by atoms with van der Waals surface area (Å²) in [7, 11) is 0. The van der Waals surface area contributed by atoms with Crippen molar-refractivity contribution in [1.82, 2.24) is 0 Å². The van der Waals surface area contributed by atoms with E-state index in [0.29, 0.717) is 12.1 Å². The molecular formula is C18H33NO4. The van der Waals surface area contributed by atoms with Crippen LogP contribution in [0.1, 0.15) is 96.8 Å². The molecule has 0 aromatic carbocycles. The first-order valence-corrected chi connectivity index (χ1v) is 9.13. The maximum absolute atomic E-state index is 10.9. The molecule has 0 amide bonds. The minimum Gasteiger partial charge on any atom is -0.481 e. The van der Waals surface area contributed by atoms with Gasteiger partial charge in [-0.05, 0) is 31.8 Å². The molecule has 0 rings (SSSR count). The molecule has 0 aliphatic carbocycles. The van der Waals surface area contributed by atoms with Crippen molar-refractivity contribution >= 4 is 5.97 Å². The van der Waals surface area contributed by atoms with Crippen molar-refractivity contribution in [1.29, 1.82) is 0 Å². The molecule has 0 saturated carbocycles. The summed E-state index contributed by atoms with van der Waals surface area (Å²) in [5, 5.41) is 19.5. The van der Waals surface area contributed by atoms with Crippen molar-refractivity contribution < 1.29 is 14.8 Å². The Morgan fingerprint density at radius 1 is 0.913 bits per heavy atom.